The molecule has 1 fully saturated rings. The summed E-state index contributed by atoms with van der Waals surface area (Å²) in [6, 6.07) is 7.75. The number of ether oxygens (including phenoxy) is 1. The van der Waals surface area contributed by atoms with Crippen molar-refractivity contribution in [3.63, 3.8) is 0 Å². The summed E-state index contributed by atoms with van der Waals surface area (Å²) in [6.45, 7) is 1.36. The molecule has 0 saturated heterocycles. The topological polar surface area (TPSA) is 117 Å². The molecule has 3 N–H and O–H groups in total. The summed E-state index contributed by atoms with van der Waals surface area (Å²) < 4.78 is 5.07. The van der Waals surface area contributed by atoms with Crippen molar-refractivity contribution in [1.82, 2.24) is 15.6 Å². The summed E-state index contributed by atoms with van der Waals surface area (Å²) in [5, 5.41) is 5.92. The predicted octanol–water partition coefficient (Wildman–Crippen LogP) is 1.84. The van der Waals surface area contributed by atoms with Gasteiger partial charge in [0.1, 0.15) is 5.69 Å². The van der Waals surface area contributed by atoms with Gasteiger partial charge in [-0.25, -0.2) is 9.59 Å². The van der Waals surface area contributed by atoms with Crippen molar-refractivity contribution in [2.24, 2.45) is 0 Å². The molecule has 0 unspecified atom stereocenters. The lowest BCUT2D eigenvalue weighted by atomic mass is 10.1. The van der Waals surface area contributed by atoms with Crippen LogP contribution in [0.2, 0.25) is 0 Å². The van der Waals surface area contributed by atoms with Gasteiger partial charge >= 0.3 is 12.0 Å². The van der Waals surface area contributed by atoms with Crippen LogP contribution in [-0.4, -0.2) is 35.0 Å². The molecular formula is C19H21N3O5. The Morgan fingerprint density at radius 2 is 1.89 bits per heavy atom. The second kappa shape index (κ2) is 8.03. The number of aromatic nitrogens is 1. The minimum Gasteiger partial charge on any atom is -0.448 e. The van der Waals surface area contributed by atoms with Gasteiger partial charge < -0.3 is 15.0 Å². The highest BCUT2D eigenvalue weighted by atomic mass is 16.5. The molecule has 8 heteroatoms. The van der Waals surface area contributed by atoms with Gasteiger partial charge in [-0.05, 0) is 37.3 Å². The van der Waals surface area contributed by atoms with E-state index in [0.717, 1.165) is 25.7 Å². The Morgan fingerprint density at radius 1 is 1.19 bits per heavy atom. The van der Waals surface area contributed by atoms with Gasteiger partial charge in [0.2, 0.25) is 0 Å². The first kappa shape index (κ1) is 18.6. The molecule has 1 atom stereocenters. The second-order valence-electron chi connectivity index (χ2n) is 6.59. The average molecular weight is 371 g/mol. The number of imide groups is 1. The summed E-state index contributed by atoms with van der Waals surface area (Å²) in [4.78, 5) is 50.6. The van der Waals surface area contributed by atoms with E-state index in [2.05, 4.69) is 15.6 Å². The molecular weight excluding hydrogens is 350 g/mol. The number of hydrogen-bond donors (Lipinski definition) is 3. The third-order valence-corrected chi connectivity index (χ3v) is 4.55. The highest BCUT2D eigenvalue weighted by Crippen LogP contribution is 2.17. The standard InChI is InChI=1S/C19H21N3O5/c1-11(16(23)22-19(26)20-13-7-3-4-8-13)27-18(25)15-10-12-6-2-5-9-14(12)17(24)21-15/h2,5-6,9-11,13H,3-4,7-8H2,1H3,(H,21,24)(H2,20,22,23,26)/t11-/m0/s1. The zero-order valence-electron chi connectivity index (χ0n) is 14.9. The predicted molar refractivity (Wildman–Crippen MR) is 98.4 cm³/mol. The van der Waals surface area contributed by atoms with E-state index in [1.165, 1.54) is 13.0 Å². The SMILES string of the molecule is C[C@H](OC(=O)c1cc2ccccc2c(=O)[nH]1)C(=O)NC(=O)NC1CCCC1. The first-order valence-corrected chi connectivity index (χ1v) is 8.88. The van der Waals surface area contributed by atoms with Crippen LogP contribution in [0, 0.1) is 0 Å². The van der Waals surface area contributed by atoms with Gasteiger partial charge in [-0.1, -0.05) is 31.0 Å². The van der Waals surface area contributed by atoms with Crippen LogP contribution in [0.1, 0.15) is 43.1 Å². The summed E-state index contributed by atoms with van der Waals surface area (Å²) in [6.07, 6.45) is 2.69. The first-order chi connectivity index (χ1) is 12.9. The van der Waals surface area contributed by atoms with Crippen LogP contribution in [-0.2, 0) is 9.53 Å². The maximum Gasteiger partial charge on any atom is 0.355 e. The van der Waals surface area contributed by atoms with Gasteiger partial charge in [0.15, 0.2) is 6.10 Å². The number of carbonyl (C=O) groups excluding carboxylic acids is 3. The molecule has 3 rings (SSSR count). The minimum absolute atomic E-state index is 0.0613. The van der Waals surface area contributed by atoms with Crippen molar-refractivity contribution in [1.29, 1.82) is 0 Å². The molecule has 3 amide bonds. The van der Waals surface area contributed by atoms with Crippen LogP contribution in [0.15, 0.2) is 35.1 Å². The van der Waals surface area contributed by atoms with Crippen LogP contribution in [0.4, 0.5) is 4.79 Å². The normalized spacial score (nSPS) is 15.3. The van der Waals surface area contributed by atoms with Crippen LogP contribution >= 0.6 is 0 Å². The molecule has 0 bridgehead atoms. The van der Waals surface area contributed by atoms with Gasteiger partial charge in [0, 0.05) is 11.4 Å². The molecule has 1 aromatic heterocycles. The van der Waals surface area contributed by atoms with E-state index < -0.39 is 29.6 Å². The van der Waals surface area contributed by atoms with Crippen LogP contribution in [0.5, 0.6) is 0 Å². The average Bonchev–Trinajstić information content (AvgIpc) is 3.14. The van der Waals surface area contributed by atoms with Gasteiger partial charge in [0.25, 0.3) is 11.5 Å². The monoisotopic (exact) mass is 371 g/mol. The van der Waals surface area contributed by atoms with E-state index in [4.69, 9.17) is 4.74 Å². The molecule has 1 aromatic carbocycles. The Hall–Kier alpha value is -3.16. The molecule has 1 aliphatic carbocycles. The number of pyridine rings is 1. The van der Waals surface area contributed by atoms with E-state index in [1.54, 1.807) is 24.3 Å². The van der Waals surface area contributed by atoms with E-state index in [1.807, 2.05) is 0 Å². The number of rotatable bonds is 4. The number of hydrogen-bond acceptors (Lipinski definition) is 5. The van der Waals surface area contributed by atoms with E-state index in [-0.39, 0.29) is 11.7 Å². The summed E-state index contributed by atoms with van der Waals surface area (Å²) in [5.74, 6) is -1.58. The lowest BCUT2D eigenvalue weighted by molar-refractivity contribution is -0.127. The van der Waals surface area contributed by atoms with Gasteiger partial charge in [-0.3, -0.25) is 14.9 Å². The molecule has 8 nitrogen and oxygen atoms in total. The van der Waals surface area contributed by atoms with Crippen molar-refractivity contribution in [3.05, 3.63) is 46.4 Å². The Balaban J connectivity index is 1.60. The summed E-state index contributed by atoms with van der Waals surface area (Å²) in [5.41, 5.74) is -0.484. The number of aromatic amines is 1. The number of urea groups is 1. The van der Waals surface area contributed by atoms with Crippen molar-refractivity contribution in [2.75, 3.05) is 0 Å². The van der Waals surface area contributed by atoms with Crippen molar-refractivity contribution < 1.29 is 19.1 Å². The summed E-state index contributed by atoms with van der Waals surface area (Å²) >= 11 is 0. The number of amides is 3. The molecule has 1 aliphatic rings. The zero-order valence-corrected chi connectivity index (χ0v) is 14.9. The van der Waals surface area contributed by atoms with Crippen LogP contribution in [0.3, 0.4) is 0 Å². The molecule has 0 spiro atoms. The second-order valence-corrected chi connectivity index (χ2v) is 6.59. The fourth-order valence-corrected chi connectivity index (χ4v) is 3.10. The van der Waals surface area contributed by atoms with Crippen molar-refractivity contribution in [3.8, 4) is 0 Å². The fraction of sp³-hybridized carbons (Fsp3) is 0.368. The van der Waals surface area contributed by atoms with Crippen molar-refractivity contribution >= 4 is 28.7 Å². The van der Waals surface area contributed by atoms with Gasteiger partial charge in [0.05, 0.1) is 0 Å². The number of benzene rings is 1. The zero-order chi connectivity index (χ0) is 19.4. The van der Waals surface area contributed by atoms with E-state index in [9.17, 15) is 19.2 Å². The molecule has 0 aliphatic heterocycles. The molecule has 1 saturated carbocycles. The van der Waals surface area contributed by atoms with E-state index >= 15 is 0 Å². The summed E-state index contributed by atoms with van der Waals surface area (Å²) in [7, 11) is 0. The van der Waals surface area contributed by atoms with Gasteiger partial charge in [-0.2, -0.15) is 0 Å². The van der Waals surface area contributed by atoms with Crippen LogP contribution < -0.4 is 16.2 Å². The maximum absolute atomic E-state index is 12.2. The molecule has 1 heterocycles. The third kappa shape index (κ3) is 4.52. The lowest BCUT2D eigenvalue weighted by Gasteiger charge is -2.15. The first-order valence-electron chi connectivity index (χ1n) is 8.88. The fourth-order valence-electron chi connectivity index (χ4n) is 3.10. The Bertz CT molecular complexity index is 930. The minimum atomic E-state index is -1.19. The number of carbonyl (C=O) groups is 3. The highest BCUT2D eigenvalue weighted by molar-refractivity contribution is 5.99. The molecule has 0 radical (unpaired) electrons. The number of H-pyrrole nitrogens is 1. The molecule has 2 aromatic rings. The quantitative estimate of drug-likeness (QED) is 0.709. The molecule has 27 heavy (non-hydrogen) atoms. The Labute approximate surface area is 155 Å². The van der Waals surface area contributed by atoms with Crippen LogP contribution in [0.25, 0.3) is 10.8 Å². The highest BCUT2D eigenvalue weighted by Gasteiger charge is 2.23. The lowest BCUT2D eigenvalue weighted by Crippen LogP contribution is -2.47. The molecule has 142 valence electrons. The maximum atomic E-state index is 12.2. The van der Waals surface area contributed by atoms with Gasteiger partial charge in [-0.15, -0.1) is 0 Å². The Kier molecular flexibility index (Phi) is 5.54. The van der Waals surface area contributed by atoms with Crippen molar-refractivity contribution in [2.45, 2.75) is 44.8 Å². The largest absolute Gasteiger partial charge is 0.448 e. The van der Waals surface area contributed by atoms with E-state index in [0.29, 0.717) is 10.8 Å². The number of esters is 1. The Morgan fingerprint density at radius 3 is 2.63 bits per heavy atom. The number of nitrogens with one attached hydrogen (secondary N) is 3. The smallest absolute Gasteiger partial charge is 0.355 e. The third-order valence-electron chi connectivity index (χ3n) is 4.55. The number of fused-ring (bicyclic) bond motifs is 1.